The van der Waals surface area contributed by atoms with Gasteiger partial charge in [0.1, 0.15) is 5.75 Å². The van der Waals surface area contributed by atoms with Crippen LogP contribution in [0, 0.1) is 0 Å². The van der Waals surface area contributed by atoms with E-state index in [1.165, 1.54) is 5.56 Å². The second-order valence-corrected chi connectivity index (χ2v) is 12.0. The number of ether oxygens (including phenoxy) is 1. The number of methoxy groups -OCH3 is 1. The molecule has 0 fully saturated rings. The summed E-state index contributed by atoms with van der Waals surface area (Å²) in [6.07, 6.45) is 2.09. The molecule has 0 aliphatic rings. The van der Waals surface area contributed by atoms with Crippen LogP contribution in [0.5, 0.6) is 5.75 Å². The van der Waals surface area contributed by atoms with Gasteiger partial charge in [0.2, 0.25) is 6.69 Å². The van der Waals surface area contributed by atoms with Crippen LogP contribution in [-0.4, -0.2) is 13.8 Å². The molecule has 4 heteroatoms. The van der Waals surface area contributed by atoms with Crippen LogP contribution in [0.3, 0.4) is 0 Å². The molecule has 0 saturated carbocycles. The average molecular weight is 263 g/mol. The molecule has 0 unspecified atom stereocenters. The van der Waals surface area contributed by atoms with Crippen molar-refractivity contribution in [2.24, 2.45) is 0 Å². The van der Waals surface area contributed by atoms with Gasteiger partial charge in [0.15, 0.2) is 0 Å². The van der Waals surface area contributed by atoms with Crippen molar-refractivity contribution in [3.63, 3.8) is 0 Å². The highest BCUT2D eigenvalue weighted by atomic mass is 35.7. The van der Waals surface area contributed by atoms with E-state index in [-0.39, 0.29) is 0 Å². The van der Waals surface area contributed by atoms with E-state index in [0.29, 0.717) is 0 Å². The first-order chi connectivity index (χ1) is 7.01. The Labute approximate surface area is 102 Å². The summed E-state index contributed by atoms with van der Waals surface area (Å²) >= 11 is 12.1. The molecule has 0 aliphatic carbocycles. The number of hydrogen-bond acceptors (Lipinski definition) is 1. The van der Waals surface area contributed by atoms with Crippen molar-refractivity contribution in [3.8, 4) is 5.75 Å². The minimum absolute atomic E-state index is 0.896. The minimum atomic E-state index is -1.91. The molecular formula is C11H16Cl2OSi. The molecule has 0 bridgehead atoms. The second-order valence-electron chi connectivity index (χ2n) is 3.77. The summed E-state index contributed by atoms with van der Waals surface area (Å²) in [5, 5.41) is 0. The third-order valence-corrected chi connectivity index (χ3v) is 4.61. The lowest BCUT2D eigenvalue weighted by Gasteiger charge is -2.09. The van der Waals surface area contributed by atoms with E-state index < -0.39 is 6.69 Å². The van der Waals surface area contributed by atoms with Crippen LogP contribution in [0.4, 0.5) is 0 Å². The lowest BCUT2D eigenvalue weighted by Crippen LogP contribution is -2.11. The Balaban J connectivity index is 2.38. The van der Waals surface area contributed by atoms with Gasteiger partial charge < -0.3 is 4.74 Å². The van der Waals surface area contributed by atoms with Crippen molar-refractivity contribution < 1.29 is 4.74 Å². The van der Waals surface area contributed by atoms with E-state index in [4.69, 9.17) is 26.9 Å². The predicted molar refractivity (Wildman–Crippen MR) is 69.4 cm³/mol. The Bertz CT molecular complexity index is 292. The Hall–Kier alpha value is -0.183. The molecule has 0 radical (unpaired) electrons. The molecule has 0 aliphatic heterocycles. The van der Waals surface area contributed by atoms with Crippen molar-refractivity contribution >= 4 is 28.9 Å². The van der Waals surface area contributed by atoms with Gasteiger partial charge in [-0.25, -0.2) is 0 Å². The molecule has 0 spiro atoms. The summed E-state index contributed by atoms with van der Waals surface area (Å²) < 4.78 is 5.09. The summed E-state index contributed by atoms with van der Waals surface area (Å²) in [4.78, 5) is 0. The molecule has 1 aromatic rings. The van der Waals surface area contributed by atoms with Gasteiger partial charge in [-0.2, -0.15) is 0 Å². The maximum atomic E-state index is 6.03. The first-order valence-electron chi connectivity index (χ1n) is 5.02. The molecule has 1 nitrogen and oxygen atoms in total. The largest absolute Gasteiger partial charge is 0.497 e. The number of benzene rings is 1. The number of aryl methyl sites for hydroxylation is 1. The SMILES string of the molecule is COc1ccc(CCC[Si](C)(Cl)Cl)cc1. The third-order valence-electron chi connectivity index (χ3n) is 2.24. The van der Waals surface area contributed by atoms with E-state index in [1.807, 2.05) is 18.7 Å². The second kappa shape index (κ2) is 5.78. The van der Waals surface area contributed by atoms with Gasteiger partial charge in [0.25, 0.3) is 0 Å². The molecular weight excluding hydrogens is 247 g/mol. The van der Waals surface area contributed by atoms with Crippen molar-refractivity contribution in [3.05, 3.63) is 29.8 Å². The normalized spacial score (nSPS) is 11.5. The van der Waals surface area contributed by atoms with Crippen LogP contribution < -0.4 is 4.74 Å². The van der Waals surface area contributed by atoms with Crippen LogP contribution in [0.15, 0.2) is 24.3 Å². The maximum Gasteiger partial charge on any atom is 0.248 e. The predicted octanol–water partition coefficient (Wildman–Crippen LogP) is 4.18. The minimum Gasteiger partial charge on any atom is -0.497 e. The molecule has 0 N–H and O–H groups in total. The van der Waals surface area contributed by atoms with Crippen molar-refractivity contribution in [1.82, 2.24) is 0 Å². The fraction of sp³-hybridized carbons (Fsp3) is 0.455. The van der Waals surface area contributed by atoms with Crippen LogP contribution in [0.25, 0.3) is 0 Å². The molecule has 1 rings (SSSR count). The molecule has 84 valence electrons. The van der Waals surface area contributed by atoms with Crippen LogP contribution in [0.2, 0.25) is 12.6 Å². The quantitative estimate of drug-likeness (QED) is 0.572. The highest BCUT2D eigenvalue weighted by Crippen LogP contribution is 2.23. The fourth-order valence-corrected chi connectivity index (χ4v) is 2.99. The summed E-state index contributed by atoms with van der Waals surface area (Å²) in [5.41, 5.74) is 1.31. The Morgan fingerprint density at radius 1 is 1.20 bits per heavy atom. The average Bonchev–Trinajstić information content (AvgIpc) is 2.17. The van der Waals surface area contributed by atoms with E-state index in [9.17, 15) is 0 Å². The van der Waals surface area contributed by atoms with Crippen LogP contribution >= 0.6 is 22.2 Å². The van der Waals surface area contributed by atoms with E-state index in [1.54, 1.807) is 7.11 Å². The van der Waals surface area contributed by atoms with Gasteiger partial charge >= 0.3 is 0 Å². The monoisotopic (exact) mass is 262 g/mol. The first kappa shape index (κ1) is 12.9. The standard InChI is InChI=1S/C11H16Cl2OSi/c1-14-11-7-5-10(6-8-11)4-3-9-15(2,12)13/h5-8H,3-4,9H2,1-2H3. The highest BCUT2D eigenvalue weighted by molar-refractivity contribution is 7.44. The van der Waals surface area contributed by atoms with Gasteiger partial charge in [-0.15, -0.1) is 22.2 Å². The third kappa shape index (κ3) is 5.45. The van der Waals surface area contributed by atoms with E-state index >= 15 is 0 Å². The molecule has 1 aromatic carbocycles. The van der Waals surface area contributed by atoms with Crippen LogP contribution in [-0.2, 0) is 6.42 Å². The number of halogens is 2. The molecule has 0 heterocycles. The number of rotatable bonds is 5. The molecule has 0 atom stereocenters. The summed E-state index contributed by atoms with van der Waals surface area (Å²) in [7, 11) is 1.67. The Morgan fingerprint density at radius 3 is 2.27 bits per heavy atom. The topological polar surface area (TPSA) is 9.23 Å². The Morgan fingerprint density at radius 2 is 1.80 bits per heavy atom. The summed E-state index contributed by atoms with van der Waals surface area (Å²) in [5.74, 6) is 0.896. The van der Waals surface area contributed by atoms with Gasteiger partial charge in [-0.1, -0.05) is 12.1 Å². The molecule has 0 saturated heterocycles. The Kier molecular flexibility index (Phi) is 4.96. The highest BCUT2D eigenvalue weighted by Gasteiger charge is 2.19. The summed E-state index contributed by atoms with van der Waals surface area (Å²) in [6, 6.07) is 9.07. The van der Waals surface area contributed by atoms with E-state index in [0.717, 1.165) is 24.6 Å². The van der Waals surface area contributed by atoms with Crippen molar-refractivity contribution in [1.29, 1.82) is 0 Å². The fourth-order valence-electron chi connectivity index (χ4n) is 1.40. The molecule has 0 aromatic heterocycles. The summed E-state index contributed by atoms with van der Waals surface area (Å²) in [6.45, 7) is 0.0533. The zero-order valence-electron chi connectivity index (χ0n) is 9.09. The molecule has 0 amide bonds. The van der Waals surface area contributed by atoms with Gasteiger partial charge in [0, 0.05) is 0 Å². The zero-order valence-corrected chi connectivity index (χ0v) is 11.6. The van der Waals surface area contributed by atoms with Crippen molar-refractivity contribution in [2.45, 2.75) is 25.4 Å². The zero-order chi connectivity index (χ0) is 11.3. The lowest BCUT2D eigenvalue weighted by molar-refractivity contribution is 0.414. The van der Waals surface area contributed by atoms with Gasteiger partial charge in [-0.3, -0.25) is 0 Å². The molecule has 15 heavy (non-hydrogen) atoms. The lowest BCUT2D eigenvalue weighted by atomic mass is 10.1. The number of hydrogen-bond donors (Lipinski definition) is 0. The van der Waals surface area contributed by atoms with Gasteiger partial charge in [-0.05, 0) is 43.1 Å². The smallest absolute Gasteiger partial charge is 0.248 e. The maximum absolute atomic E-state index is 6.03. The first-order valence-corrected chi connectivity index (χ1v) is 9.75. The van der Waals surface area contributed by atoms with Gasteiger partial charge in [0.05, 0.1) is 7.11 Å². The van der Waals surface area contributed by atoms with E-state index in [2.05, 4.69) is 12.1 Å². The van der Waals surface area contributed by atoms with Crippen LogP contribution in [0.1, 0.15) is 12.0 Å². The van der Waals surface area contributed by atoms with Crippen molar-refractivity contribution in [2.75, 3.05) is 7.11 Å².